The van der Waals surface area contributed by atoms with Gasteiger partial charge in [0.2, 0.25) is 0 Å². The number of anilines is 6. The van der Waals surface area contributed by atoms with Crippen LogP contribution in [0.1, 0.15) is 71.7 Å². The van der Waals surface area contributed by atoms with E-state index in [-0.39, 0.29) is 56.2 Å². The van der Waals surface area contributed by atoms with Gasteiger partial charge in [0, 0.05) is 65.0 Å². The summed E-state index contributed by atoms with van der Waals surface area (Å²) in [5, 5.41) is 29.1. The Bertz CT molecular complexity index is 2990. The van der Waals surface area contributed by atoms with Gasteiger partial charge >= 0.3 is 35.5 Å². The number of alkyl halides is 1. The molecule has 2 N–H and O–H groups in total. The van der Waals surface area contributed by atoms with E-state index >= 15 is 0 Å². The van der Waals surface area contributed by atoms with Crippen LogP contribution in [-0.2, 0) is 21.4 Å². The average Bonchev–Trinajstić information content (AvgIpc) is 3.87. The van der Waals surface area contributed by atoms with Crippen molar-refractivity contribution in [2.45, 2.75) is 66.7 Å². The van der Waals surface area contributed by atoms with Gasteiger partial charge in [-0.1, -0.05) is 133 Å². The zero-order chi connectivity index (χ0) is 50.5. The Hall–Kier alpha value is -5.81. The summed E-state index contributed by atoms with van der Waals surface area (Å²) in [6.45, 7) is 10.5. The number of aliphatic hydroxyl groups excluding tert-OH is 2. The summed E-state index contributed by atoms with van der Waals surface area (Å²) in [6, 6.07) is 65.3. The van der Waals surface area contributed by atoms with Crippen LogP contribution < -0.4 is 44.5 Å². The standard InChI is InChI=1S/C31H31NO2.C27H23N.C4H7BrO2.CH3O.CH4.Na/c1-22-7-5-9-24(19-22)32(25-10-6-8-23(2)20-25)26-13-14-28-27-11-3-4-12-29(27)31(15-17-33,16-18-34)30(28)21-26;1-19-7-5-10-23(15-19)28(24-11-6-8-20(2)16-24)25-13-14-27-22(18-25)17-21-9-3-4-12-26(21)27;1-4(6)7-3-2-5;1-2;;/h3-14,19-21,33-34H,15-18H2,1-2H3;3-16,18H,17H2,1-2H3;2-3H2,1H3;1H3;1H4;/q;;;-1;;+1. The molecule has 0 aliphatic heterocycles. The van der Waals surface area contributed by atoms with E-state index in [9.17, 15) is 15.0 Å². The molecule has 0 aromatic heterocycles. The molecule has 0 fully saturated rings. The van der Waals surface area contributed by atoms with Crippen molar-refractivity contribution in [2.24, 2.45) is 0 Å². The van der Waals surface area contributed by atoms with Gasteiger partial charge in [-0.25, -0.2) is 0 Å². The maximum absolute atomic E-state index is 10.1. The average molecular weight is 1050 g/mol. The Morgan fingerprint density at radius 1 is 0.521 bits per heavy atom. The van der Waals surface area contributed by atoms with Crippen LogP contribution in [0.3, 0.4) is 0 Å². The molecule has 10 rings (SSSR count). The normalized spacial score (nSPS) is 11.6. The topological polar surface area (TPSA) is 96.3 Å². The predicted molar refractivity (Wildman–Crippen MR) is 302 cm³/mol. The van der Waals surface area contributed by atoms with E-state index in [0.29, 0.717) is 24.8 Å². The van der Waals surface area contributed by atoms with Crippen molar-refractivity contribution in [1.29, 1.82) is 0 Å². The minimum atomic E-state index is -0.406. The Morgan fingerprint density at radius 2 is 0.918 bits per heavy atom. The van der Waals surface area contributed by atoms with E-state index in [1.165, 1.54) is 90.7 Å². The molecule has 8 aromatic rings. The van der Waals surface area contributed by atoms with E-state index in [1.54, 1.807) is 0 Å². The minimum Gasteiger partial charge on any atom is -0.857 e. The third-order valence-electron chi connectivity index (χ3n) is 13.0. The molecule has 9 heteroatoms. The molecule has 0 bridgehead atoms. The molecule has 0 spiro atoms. The summed E-state index contributed by atoms with van der Waals surface area (Å²) in [5.41, 5.74) is 21.8. The van der Waals surface area contributed by atoms with Gasteiger partial charge in [0.1, 0.15) is 6.61 Å². The second-order valence-corrected chi connectivity index (χ2v) is 18.8. The van der Waals surface area contributed by atoms with Gasteiger partial charge in [0.05, 0.1) is 0 Å². The third-order valence-corrected chi connectivity index (χ3v) is 13.4. The molecule has 0 unspecified atom stereocenters. The van der Waals surface area contributed by atoms with Crippen LogP contribution in [0.25, 0.3) is 22.3 Å². The quantitative estimate of drug-likeness (QED) is 0.0715. The van der Waals surface area contributed by atoms with Crippen LogP contribution in [0.2, 0.25) is 0 Å². The van der Waals surface area contributed by atoms with E-state index in [4.69, 9.17) is 5.11 Å². The molecule has 0 saturated heterocycles. The van der Waals surface area contributed by atoms with Crippen molar-refractivity contribution in [3.63, 3.8) is 0 Å². The van der Waals surface area contributed by atoms with E-state index in [2.05, 4.69) is 240 Å². The molecule has 2 aliphatic carbocycles. The number of rotatable bonds is 12. The van der Waals surface area contributed by atoms with Crippen LogP contribution in [0, 0.1) is 27.7 Å². The number of hydrogen-bond donors (Lipinski definition) is 2. The molecule has 0 heterocycles. The summed E-state index contributed by atoms with van der Waals surface area (Å²) in [4.78, 5) is 14.6. The number of carbonyl (C=O) groups excluding carboxylic acids is 1. The first kappa shape index (κ1) is 58.1. The van der Waals surface area contributed by atoms with Crippen molar-refractivity contribution < 1.29 is 54.4 Å². The number of aryl methyl sites for hydroxylation is 4. The first-order valence-electron chi connectivity index (χ1n) is 24.2. The fourth-order valence-corrected chi connectivity index (χ4v) is 10.2. The number of nitrogens with zero attached hydrogens (tertiary/aromatic N) is 2. The minimum absolute atomic E-state index is 0. The fraction of sp³-hybridized carbons (Fsp3) is 0.234. The number of halogens is 1. The zero-order valence-electron chi connectivity index (χ0n) is 42.7. The largest absolute Gasteiger partial charge is 1.00 e. The van der Waals surface area contributed by atoms with Crippen molar-refractivity contribution in [3.8, 4) is 22.3 Å². The van der Waals surface area contributed by atoms with E-state index < -0.39 is 5.41 Å². The molecular formula is C64H68BrN2NaO5. The van der Waals surface area contributed by atoms with Gasteiger partial charge < -0.3 is 29.9 Å². The van der Waals surface area contributed by atoms with E-state index in [0.717, 1.165) is 30.6 Å². The third kappa shape index (κ3) is 13.5. The maximum atomic E-state index is 10.1. The maximum Gasteiger partial charge on any atom is 1.00 e. The van der Waals surface area contributed by atoms with E-state index in [1.807, 2.05) is 0 Å². The summed E-state index contributed by atoms with van der Waals surface area (Å²) in [5.74, 6) is -0.223. The molecule has 0 amide bonds. The van der Waals surface area contributed by atoms with Crippen LogP contribution in [-0.4, -0.2) is 48.4 Å². The first-order valence-corrected chi connectivity index (χ1v) is 25.3. The molecule has 73 heavy (non-hydrogen) atoms. The van der Waals surface area contributed by atoms with Crippen LogP contribution in [0.5, 0.6) is 0 Å². The Morgan fingerprint density at radius 3 is 1.36 bits per heavy atom. The number of esters is 1. The number of aliphatic hydroxyl groups is 2. The summed E-state index contributed by atoms with van der Waals surface area (Å²) in [7, 11) is 0.750. The molecule has 0 saturated carbocycles. The Balaban J connectivity index is 0.000000230. The molecule has 8 aromatic carbocycles. The Labute approximate surface area is 464 Å². The monoisotopic (exact) mass is 1050 g/mol. The number of carbonyl (C=O) groups is 1. The smallest absolute Gasteiger partial charge is 0.857 e. The van der Waals surface area contributed by atoms with Crippen molar-refractivity contribution >= 4 is 56.0 Å². The second kappa shape index (κ2) is 27.5. The Kier molecular flexibility index (Phi) is 21.9. The second-order valence-electron chi connectivity index (χ2n) is 18.0. The van der Waals surface area contributed by atoms with Gasteiger partial charge in [-0.3, -0.25) is 4.79 Å². The van der Waals surface area contributed by atoms with Gasteiger partial charge in [0.15, 0.2) is 0 Å². The molecule has 7 nitrogen and oxygen atoms in total. The number of ether oxygens (including phenoxy) is 1. The van der Waals surface area contributed by atoms with Crippen molar-refractivity contribution in [3.05, 3.63) is 226 Å². The predicted octanol–water partition coefficient (Wildman–Crippen LogP) is 11.7. The molecular weight excluding hydrogens is 980 g/mol. The number of hydrogen-bond acceptors (Lipinski definition) is 7. The zero-order valence-corrected chi connectivity index (χ0v) is 46.2. The molecule has 372 valence electrons. The molecule has 0 atom stereocenters. The van der Waals surface area contributed by atoms with Crippen molar-refractivity contribution in [2.75, 3.05) is 42.1 Å². The fourth-order valence-electron chi connectivity index (χ4n) is 10.0. The SMILES string of the molecule is C.CC(=O)OCCBr.C[O-].Cc1cccc(N(c2cccc(C)c2)c2ccc3c(c2)C(CCO)(CCO)c2ccccc2-3)c1.Cc1cccc(N(c2cccc(C)c2)c2ccc3c(c2)Cc2ccccc2-3)c1.[Na+]. The summed E-state index contributed by atoms with van der Waals surface area (Å²) >= 11 is 3.10. The number of fused-ring (bicyclic) bond motifs is 6. The van der Waals surface area contributed by atoms with Crippen LogP contribution >= 0.6 is 15.9 Å². The van der Waals surface area contributed by atoms with Gasteiger partial charge in [0.25, 0.3) is 0 Å². The van der Waals surface area contributed by atoms with Crippen LogP contribution in [0.15, 0.2) is 182 Å². The molecule has 0 radical (unpaired) electrons. The summed E-state index contributed by atoms with van der Waals surface area (Å²) < 4.78 is 4.51. The van der Waals surface area contributed by atoms with Crippen molar-refractivity contribution in [1.82, 2.24) is 0 Å². The van der Waals surface area contributed by atoms with Gasteiger partial charge in [-0.2, -0.15) is 7.11 Å². The van der Waals surface area contributed by atoms with Gasteiger partial charge in [-0.15, -0.1) is 0 Å². The van der Waals surface area contributed by atoms with Crippen LogP contribution in [0.4, 0.5) is 34.1 Å². The summed E-state index contributed by atoms with van der Waals surface area (Å²) in [6.07, 6.45) is 2.17. The van der Waals surface area contributed by atoms with Gasteiger partial charge in [-0.05, 0) is 187 Å². The molecule has 2 aliphatic rings. The first-order chi connectivity index (χ1) is 34.5. The number of benzene rings is 8.